The fourth-order valence-electron chi connectivity index (χ4n) is 7.06. The molecule has 288 valence electrons. The average Bonchev–Trinajstić information content (AvgIpc) is 3.86. The van der Waals surface area contributed by atoms with Gasteiger partial charge in [0.2, 0.25) is 17.7 Å². The van der Waals surface area contributed by atoms with Crippen LogP contribution in [0.25, 0.3) is 5.69 Å². The molecule has 2 heterocycles. The summed E-state index contributed by atoms with van der Waals surface area (Å²) >= 11 is 0. The van der Waals surface area contributed by atoms with Crippen LogP contribution in [0.3, 0.4) is 0 Å². The number of hydrogen-bond acceptors (Lipinski definition) is 8. The number of nitrogens with zero attached hydrogens (tertiary/aromatic N) is 4. The number of aliphatic hydroxyl groups excluding tert-OH is 1. The molecule has 0 bridgehead atoms. The van der Waals surface area contributed by atoms with Gasteiger partial charge in [-0.3, -0.25) is 28.9 Å². The molecule has 1 aromatic heterocycles. The Labute approximate surface area is 312 Å². The van der Waals surface area contributed by atoms with Crippen molar-refractivity contribution in [2.24, 2.45) is 17.1 Å². The summed E-state index contributed by atoms with van der Waals surface area (Å²) in [4.78, 5) is 65.5. The van der Waals surface area contributed by atoms with Crippen molar-refractivity contribution in [3.8, 4) is 5.69 Å². The maximum absolute atomic E-state index is 15.0. The van der Waals surface area contributed by atoms with Gasteiger partial charge in [0.1, 0.15) is 23.9 Å². The number of carbonyl (C=O) groups is 5. The highest BCUT2D eigenvalue weighted by Crippen LogP contribution is 2.40. The third-order valence-corrected chi connectivity index (χ3v) is 9.76. The Morgan fingerprint density at radius 3 is 2.43 bits per heavy atom. The van der Waals surface area contributed by atoms with Crippen LogP contribution in [0, 0.1) is 23.0 Å². The zero-order valence-electron chi connectivity index (χ0n) is 30.6. The molecule has 4 atom stereocenters. The Hall–Kier alpha value is -5.28. The van der Waals surface area contributed by atoms with Gasteiger partial charge in [0.25, 0.3) is 11.8 Å². The molecule has 2 aliphatic rings. The molecule has 0 spiro atoms. The van der Waals surface area contributed by atoms with Gasteiger partial charge in [-0.1, -0.05) is 51.1 Å². The van der Waals surface area contributed by atoms with E-state index in [1.807, 2.05) is 51.1 Å². The van der Waals surface area contributed by atoms with E-state index in [-0.39, 0.29) is 49.6 Å². The quantitative estimate of drug-likeness (QED) is 0.171. The van der Waals surface area contributed by atoms with Crippen LogP contribution in [0.1, 0.15) is 69.3 Å². The van der Waals surface area contributed by atoms with Crippen LogP contribution in [0.15, 0.2) is 66.9 Å². The van der Waals surface area contributed by atoms with Crippen molar-refractivity contribution in [3.63, 3.8) is 0 Å². The largest absolute Gasteiger partial charge is 0.387 e. The van der Waals surface area contributed by atoms with E-state index in [4.69, 9.17) is 10.8 Å². The van der Waals surface area contributed by atoms with Crippen LogP contribution in [0.5, 0.6) is 0 Å². The molecule has 5 rings (SSSR count). The lowest BCUT2D eigenvalue weighted by atomic mass is 9.81. The van der Waals surface area contributed by atoms with Crippen molar-refractivity contribution in [1.82, 2.24) is 30.2 Å². The molecule has 15 heteroatoms. The first-order valence-corrected chi connectivity index (χ1v) is 18.0. The van der Waals surface area contributed by atoms with Gasteiger partial charge in [0.05, 0.1) is 17.8 Å². The normalized spacial score (nSPS) is 18.2. The van der Waals surface area contributed by atoms with Gasteiger partial charge in [-0.15, -0.1) is 0 Å². The van der Waals surface area contributed by atoms with Gasteiger partial charge in [-0.2, -0.15) is 5.10 Å². The predicted molar refractivity (Wildman–Crippen MR) is 194 cm³/mol. The third kappa shape index (κ3) is 9.63. The molecule has 54 heavy (non-hydrogen) atoms. The smallest absolute Gasteiger partial charge is 0.253 e. The molecule has 5 N–H and O–H groups in total. The summed E-state index contributed by atoms with van der Waals surface area (Å²) < 4.78 is 30.5. The van der Waals surface area contributed by atoms with E-state index in [0.29, 0.717) is 36.9 Å². The number of nitrogens with one attached hydrogen (secondary N) is 2. The number of aliphatic hydroxyl groups is 1. The summed E-state index contributed by atoms with van der Waals surface area (Å²) in [6, 6.07) is 10.4. The number of benzene rings is 2. The van der Waals surface area contributed by atoms with E-state index < -0.39 is 59.4 Å². The summed E-state index contributed by atoms with van der Waals surface area (Å²) in [5, 5.41) is 20.5. The van der Waals surface area contributed by atoms with E-state index in [0.717, 1.165) is 28.7 Å². The van der Waals surface area contributed by atoms with Crippen molar-refractivity contribution < 1.29 is 37.9 Å². The highest BCUT2D eigenvalue weighted by Gasteiger charge is 2.39. The number of rotatable bonds is 15. The SMILES string of the molecule is CC(C)(C)[C@H](c1nn(-c2cc(F)ccc2F)cc1Cc1ccccc1)N(CC[C@H](N)C(=O)NC1CCC(C(=O)NCCN2C(=O)C=CC2=O)C1)C(=O)CO. The van der Waals surface area contributed by atoms with Gasteiger partial charge in [-0.05, 0) is 48.8 Å². The van der Waals surface area contributed by atoms with Crippen molar-refractivity contribution in [3.05, 3.63) is 95.3 Å². The van der Waals surface area contributed by atoms with Crippen LogP contribution in [0.4, 0.5) is 8.78 Å². The Balaban J connectivity index is 1.28. The van der Waals surface area contributed by atoms with E-state index >= 15 is 0 Å². The molecule has 1 fully saturated rings. The van der Waals surface area contributed by atoms with Gasteiger partial charge < -0.3 is 26.4 Å². The average molecular weight is 748 g/mol. The summed E-state index contributed by atoms with van der Waals surface area (Å²) in [5.41, 5.74) is 7.55. The van der Waals surface area contributed by atoms with Crippen molar-refractivity contribution in [2.45, 2.75) is 71.0 Å². The molecule has 2 unspecified atom stereocenters. The van der Waals surface area contributed by atoms with E-state index in [1.54, 1.807) is 6.20 Å². The van der Waals surface area contributed by atoms with Crippen LogP contribution >= 0.6 is 0 Å². The summed E-state index contributed by atoms with van der Waals surface area (Å²) in [6.07, 6.45) is 5.82. The second-order valence-electron chi connectivity index (χ2n) is 14.8. The second kappa shape index (κ2) is 17.2. The minimum absolute atomic E-state index is 0.0246. The molecule has 13 nitrogen and oxygen atoms in total. The standard InChI is InChI=1S/C39H47F2N7O6/c1-39(2,3)36(35-26(19-24-7-5-4-6-8-24)22-48(45-35)31-21-27(40)10-12-29(31)41)47(34(52)23-49)17-15-30(42)38(54)44-28-11-9-25(20-28)37(53)43-16-18-46-32(50)13-14-33(46)51/h4-8,10,12-14,21-22,25,28,30,36,49H,9,11,15-20,23,42H2,1-3H3,(H,43,53)(H,44,54)/t25?,28?,30-,36-/m0/s1. The van der Waals surface area contributed by atoms with Gasteiger partial charge in [0.15, 0.2) is 0 Å². The zero-order chi connectivity index (χ0) is 39.2. The summed E-state index contributed by atoms with van der Waals surface area (Å²) in [5.74, 6) is -3.87. The van der Waals surface area contributed by atoms with E-state index in [9.17, 15) is 37.9 Å². The highest BCUT2D eigenvalue weighted by atomic mass is 19.1. The number of nitrogens with two attached hydrogens (primary N) is 1. The lowest BCUT2D eigenvalue weighted by Crippen LogP contribution is -2.49. The Bertz CT molecular complexity index is 1880. The Kier molecular flexibility index (Phi) is 12.7. The third-order valence-electron chi connectivity index (χ3n) is 9.76. The van der Waals surface area contributed by atoms with Gasteiger partial charge >= 0.3 is 0 Å². The molecule has 1 saturated carbocycles. The lowest BCUT2D eigenvalue weighted by molar-refractivity contribution is -0.140. The van der Waals surface area contributed by atoms with Crippen LogP contribution < -0.4 is 16.4 Å². The number of hydrogen-bond donors (Lipinski definition) is 4. The predicted octanol–water partition coefficient (Wildman–Crippen LogP) is 2.69. The fraction of sp³-hybridized carbons (Fsp3) is 0.436. The number of imide groups is 1. The van der Waals surface area contributed by atoms with Gasteiger partial charge in [-0.25, -0.2) is 13.5 Å². The molecule has 1 aliphatic heterocycles. The Morgan fingerprint density at radius 2 is 1.76 bits per heavy atom. The topological polar surface area (TPSA) is 180 Å². The molecule has 1 aliphatic carbocycles. The second-order valence-corrected chi connectivity index (χ2v) is 14.8. The monoisotopic (exact) mass is 747 g/mol. The highest BCUT2D eigenvalue weighted by molar-refractivity contribution is 6.12. The lowest BCUT2D eigenvalue weighted by Gasteiger charge is -2.40. The van der Waals surface area contributed by atoms with Crippen LogP contribution in [-0.2, 0) is 30.4 Å². The summed E-state index contributed by atoms with van der Waals surface area (Å²) in [7, 11) is 0. The Morgan fingerprint density at radius 1 is 1.06 bits per heavy atom. The fourth-order valence-corrected chi connectivity index (χ4v) is 7.06. The molecule has 0 radical (unpaired) electrons. The number of halogens is 2. The van der Waals surface area contributed by atoms with Crippen LogP contribution in [-0.4, -0.2) is 92.5 Å². The van der Waals surface area contributed by atoms with Crippen LogP contribution in [0.2, 0.25) is 0 Å². The first-order chi connectivity index (χ1) is 25.7. The minimum atomic E-state index is -1.04. The zero-order valence-corrected chi connectivity index (χ0v) is 30.6. The molecule has 0 saturated heterocycles. The van der Waals surface area contributed by atoms with Crippen molar-refractivity contribution in [1.29, 1.82) is 0 Å². The number of aromatic nitrogens is 2. The van der Waals surface area contributed by atoms with Gasteiger partial charge in [0, 0.05) is 68.0 Å². The molecular formula is C39H47F2N7O6. The molecule has 3 aromatic rings. The maximum Gasteiger partial charge on any atom is 0.253 e. The van der Waals surface area contributed by atoms with E-state index in [2.05, 4.69) is 10.6 Å². The molecule has 5 amide bonds. The van der Waals surface area contributed by atoms with Crippen molar-refractivity contribution >= 4 is 29.5 Å². The number of amides is 5. The molecular weight excluding hydrogens is 700 g/mol. The van der Waals surface area contributed by atoms with E-state index in [1.165, 1.54) is 21.7 Å². The first kappa shape index (κ1) is 39.9. The maximum atomic E-state index is 15.0. The minimum Gasteiger partial charge on any atom is -0.387 e. The first-order valence-electron chi connectivity index (χ1n) is 18.0. The summed E-state index contributed by atoms with van der Waals surface area (Å²) in [6.45, 7) is 5.00. The number of carbonyl (C=O) groups excluding carboxylic acids is 5. The van der Waals surface area contributed by atoms with Crippen molar-refractivity contribution in [2.75, 3.05) is 26.2 Å². The molecule has 2 aromatic carbocycles.